The fourth-order valence-electron chi connectivity index (χ4n) is 2.86. The Bertz CT molecular complexity index is 1000. The van der Waals surface area contributed by atoms with Gasteiger partial charge in [0.25, 0.3) is 5.91 Å². The predicted octanol–water partition coefficient (Wildman–Crippen LogP) is 4.82. The minimum atomic E-state index is -0.451. The zero-order valence-electron chi connectivity index (χ0n) is 16.9. The van der Waals surface area contributed by atoms with Crippen LogP contribution in [0.2, 0.25) is 0 Å². The van der Waals surface area contributed by atoms with Crippen molar-refractivity contribution in [1.82, 2.24) is 5.32 Å². The van der Waals surface area contributed by atoms with Crippen LogP contribution in [-0.2, 0) is 11.3 Å². The first-order valence-electron chi connectivity index (χ1n) is 9.82. The Hall–Kier alpha value is -3.80. The highest BCUT2D eigenvalue weighted by Crippen LogP contribution is 2.27. The summed E-state index contributed by atoms with van der Waals surface area (Å²) in [5, 5.41) is 5.55. The number of anilines is 2. The minimum absolute atomic E-state index is 0.256. The van der Waals surface area contributed by atoms with E-state index in [-0.39, 0.29) is 5.91 Å². The Morgan fingerprint density at radius 1 is 0.933 bits per heavy atom. The lowest BCUT2D eigenvalue weighted by Crippen LogP contribution is -2.24. The van der Waals surface area contributed by atoms with Crippen LogP contribution in [0.25, 0.3) is 11.1 Å². The summed E-state index contributed by atoms with van der Waals surface area (Å²) in [6.45, 7) is 2.65. The van der Waals surface area contributed by atoms with Gasteiger partial charge < -0.3 is 21.1 Å². The standard InChI is InChI=1S/C24H25N3O3/c1-2-14-30-24(29)26-16-17-8-10-19(11-9-17)23(28)27-22-15-20(12-13-21(22)25)18-6-4-3-5-7-18/h3-13,15H,2,14,16,25H2,1H3,(H,26,29)(H,27,28). The van der Waals surface area contributed by atoms with Crippen molar-refractivity contribution in [3.8, 4) is 11.1 Å². The van der Waals surface area contributed by atoms with Gasteiger partial charge in [-0.25, -0.2) is 4.79 Å². The number of nitrogens with two attached hydrogens (primary N) is 1. The van der Waals surface area contributed by atoms with Crippen LogP contribution >= 0.6 is 0 Å². The van der Waals surface area contributed by atoms with Gasteiger partial charge in [0.1, 0.15) is 0 Å². The molecule has 0 aliphatic rings. The van der Waals surface area contributed by atoms with E-state index < -0.39 is 6.09 Å². The lowest BCUT2D eigenvalue weighted by atomic mass is 10.0. The van der Waals surface area contributed by atoms with E-state index in [0.717, 1.165) is 23.1 Å². The fraction of sp³-hybridized carbons (Fsp3) is 0.167. The number of nitrogens with one attached hydrogen (secondary N) is 2. The van der Waals surface area contributed by atoms with Crippen LogP contribution < -0.4 is 16.4 Å². The molecule has 0 spiro atoms. The summed E-state index contributed by atoms with van der Waals surface area (Å²) in [4.78, 5) is 24.2. The summed E-state index contributed by atoms with van der Waals surface area (Å²) in [6, 6.07) is 22.5. The smallest absolute Gasteiger partial charge is 0.407 e. The SMILES string of the molecule is CCCOC(=O)NCc1ccc(C(=O)Nc2cc(-c3ccccc3)ccc2N)cc1. The maximum Gasteiger partial charge on any atom is 0.407 e. The molecule has 0 bridgehead atoms. The second kappa shape index (κ2) is 10.1. The molecule has 0 saturated carbocycles. The van der Waals surface area contributed by atoms with Crippen molar-refractivity contribution in [2.45, 2.75) is 19.9 Å². The molecule has 3 aromatic rings. The molecule has 0 aliphatic carbocycles. The van der Waals surface area contributed by atoms with Gasteiger partial charge in [0.2, 0.25) is 0 Å². The highest BCUT2D eigenvalue weighted by Gasteiger charge is 2.10. The van der Waals surface area contributed by atoms with Crippen LogP contribution in [0, 0.1) is 0 Å². The number of carbonyl (C=O) groups is 2. The van der Waals surface area contributed by atoms with Crippen LogP contribution in [0.5, 0.6) is 0 Å². The van der Waals surface area contributed by atoms with E-state index in [2.05, 4.69) is 10.6 Å². The van der Waals surface area contributed by atoms with Crippen molar-refractivity contribution in [2.24, 2.45) is 0 Å². The predicted molar refractivity (Wildman–Crippen MR) is 119 cm³/mol. The normalized spacial score (nSPS) is 10.3. The minimum Gasteiger partial charge on any atom is -0.450 e. The van der Waals surface area contributed by atoms with Gasteiger partial charge in [0, 0.05) is 12.1 Å². The summed E-state index contributed by atoms with van der Waals surface area (Å²) in [7, 11) is 0. The van der Waals surface area contributed by atoms with Crippen molar-refractivity contribution in [2.75, 3.05) is 17.7 Å². The fourth-order valence-corrected chi connectivity index (χ4v) is 2.86. The second-order valence-corrected chi connectivity index (χ2v) is 6.81. The van der Waals surface area contributed by atoms with Crippen molar-refractivity contribution >= 4 is 23.4 Å². The number of hydrogen-bond donors (Lipinski definition) is 3. The Balaban J connectivity index is 1.64. The van der Waals surface area contributed by atoms with E-state index >= 15 is 0 Å². The zero-order valence-corrected chi connectivity index (χ0v) is 16.9. The lowest BCUT2D eigenvalue weighted by molar-refractivity contribution is 0.102. The Morgan fingerprint density at radius 2 is 1.67 bits per heavy atom. The molecule has 0 saturated heterocycles. The highest BCUT2D eigenvalue weighted by atomic mass is 16.5. The maximum absolute atomic E-state index is 12.7. The van der Waals surface area contributed by atoms with Crippen molar-refractivity contribution in [3.63, 3.8) is 0 Å². The molecular formula is C24H25N3O3. The zero-order chi connectivity index (χ0) is 21.3. The summed E-state index contributed by atoms with van der Waals surface area (Å²) >= 11 is 0. The van der Waals surface area contributed by atoms with Gasteiger partial charge in [-0.3, -0.25) is 4.79 Å². The van der Waals surface area contributed by atoms with Gasteiger partial charge in [-0.2, -0.15) is 0 Å². The average Bonchev–Trinajstić information content (AvgIpc) is 2.78. The third kappa shape index (κ3) is 5.61. The molecule has 0 fully saturated rings. The Morgan fingerprint density at radius 3 is 2.37 bits per heavy atom. The van der Waals surface area contributed by atoms with Gasteiger partial charge in [0.15, 0.2) is 0 Å². The first-order valence-corrected chi connectivity index (χ1v) is 9.82. The molecule has 3 aromatic carbocycles. The van der Waals surface area contributed by atoms with Crippen LogP contribution in [0.15, 0.2) is 72.8 Å². The molecule has 0 atom stereocenters. The largest absolute Gasteiger partial charge is 0.450 e. The molecular weight excluding hydrogens is 378 g/mol. The topological polar surface area (TPSA) is 93.4 Å². The highest BCUT2D eigenvalue weighted by molar-refractivity contribution is 6.06. The van der Waals surface area contributed by atoms with Crippen LogP contribution in [0.4, 0.5) is 16.2 Å². The number of ether oxygens (including phenoxy) is 1. The van der Waals surface area contributed by atoms with E-state index in [4.69, 9.17) is 10.5 Å². The average molecular weight is 403 g/mol. The van der Waals surface area contributed by atoms with Crippen LogP contribution in [0.3, 0.4) is 0 Å². The van der Waals surface area contributed by atoms with E-state index in [9.17, 15) is 9.59 Å². The number of benzene rings is 3. The summed E-state index contributed by atoms with van der Waals surface area (Å²) < 4.78 is 4.97. The van der Waals surface area contributed by atoms with E-state index in [0.29, 0.717) is 30.1 Å². The molecule has 154 valence electrons. The quantitative estimate of drug-likeness (QED) is 0.493. The summed E-state index contributed by atoms with van der Waals surface area (Å²) in [6.07, 6.45) is 0.322. The second-order valence-electron chi connectivity index (χ2n) is 6.81. The molecule has 30 heavy (non-hydrogen) atoms. The molecule has 0 radical (unpaired) electrons. The summed E-state index contributed by atoms with van der Waals surface area (Å²) in [5.41, 5.74) is 10.5. The van der Waals surface area contributed by atoms with E-state index in [1.807, 2.05) is 49.4 Å². The maximum atomic E-state index is 12.7. The van der Waals surface area contributed by atoms with Gasteiger partial charge >= 0.3 is 6.09 Å². The summed E-state index contributed by atoms with van der Waals surface area (Å²) in [5.74, 6) is -0.256. The Kier molecular flexibility index (Phi) is 7.05. The first kappa shape index (κ1) is 20.9. The third-order valence-corrected chi connectivity index (χ3v) is 4.50. The van der Waals surface area contributed by atoms with Gasteiger partial charge in [0.05, 0.1) is 18.0 Å². The molecule has 6 nitrogen and oxygen atoms in total. The van der Waals surface area contributed by atoms with Crippen LogP contribution in [0.1, 0.15) is 29.3 Å². The van der Waals surface area contributed by atoms with E-state index in [1.165, 1.54) is 0 Å². The van der Waals surface area contributed by atoms with Gasteiger partial charge in [-0.05, 0) is 47.4 Å². The van der Waals surface area contributed by atoms with E-state index in [1.54, 1.807) is 30.3 Å². The molecule has 3 rings (SSSR count). The molecule has 0 unspecified atom stereocenters. The first-order chi connectivity index (χ1) is 14.6. The lowest BCUT2D eigenvalue weighted by Gasteiger charge is -2.11. The molecule has 2 amide bonds. The molecule has 6 heteroatoms. The molecule has 0 aromatic heterocycles. The number of carbonyl (C=O) groups excluding carboxylic acids is 2. The number of hydrogen-bond acceptors (Lipinski definition) is 4. The number of nitrogen functional groups attached to an aromatic ring is 1. The third-order valence-electron chi connectivity index (χ3n) is 4.50. The molecule has 0 aliphatic heterocycles. The number of amides is 2. The van der Waals surface area contributed by atoms with Crippen molar-refractivity contribution in [1.29, 1.82) is 0 Å². The van der Waals surface area contributed by atoms with Gasteiger partial charge in [-0.15, -0.1) is 0 Å². The number of alkyl carbamates (subject to hydrolysis) is 1. The Labute approximate surface area is 176 Å². The van der Waals surface area contributed by atoms with Crippen molar-refractivity contribution in [3.05, 3.63) is 83.9 Å². The number of rotatable bonds is 7. The monoisotopic (exact) mass is 403 g/mol. The molecule has 0 heterocycles. The van der Waals surface area contributed by atoms with Gasteiger partial charge in [-0.1, -0.05) is 55.5 Å². The van der Waals surface area contributed by atoms with Crippen LogP contribution in [-0.4, -0.2) is 18.6 Å². The molecule has 4 N–H and O–H groups in total. The van der Waals surface area contributed by atoms with Crippen molar-refractivity contribution < 1.29 is 14.3 Å².